The maximum atomic E-state index is 6.01. The summed E-state index contributed by atoms with van der Waals surface area (Å²) in [6.45, 7) is 3.37. The first-order chi connectivity index (χ1) is 11.8. The molecule has 0 aromatic carbocycles. The van der Waals surface area contributed by atoms with Crippen LogP contribution in [-0.2, 0) is 4.74 Å². The molecule has 0 saturated carbocycles. The Labute approximate surface area is 141 Å². The van der Waals surface area contributed by atoms with Gasteiger partial charge in [0.15, 0.2) is 0 Å². The second kappa shape index (κ2) is 6.73. The van der Waals surface area contributed by atoms with Gasteiger partial charge in [0.25, 0.3) is 0 Å². The van der Waals surface area contributed by atoms with E-state index in [1.165, 1.54) is 0 Å². The summed E-state index contributed by atoms with van der Waals surface area (Å²) in [5.74, 6) is 1.50. The van der Waals surface area contributed by atoms with Crippen LogP contribution >= 0.6 is 0 Å². The van der Waals surface area contributed by atoms with Gasteiger partial charge in [0, 0.05) is 37.7 Å². The quantitative estimate of drug-likeness (QED) is 0.859. The van der Waals surface area contributed by atoms with Crippen LogP contribution < -0.4 is 9.64 Å². The predicted octanol–water partition coefficient (Wildman–Crippen LogP) is 2.33. The molecular weight excluding hydrogens is 304 g/mol. The second-order valence-electron chi connectivity index (χ2n) is 6.65. The molecule has 24 heavy (non-hydrogen) atoms. The summed E-state index contributed by atoms with van der Waals surface area (Å²) < 4.78 is 11.8. The molecule has 2 aliphatic rings. The van der Waals surface area contributed by atoms with E-state index in [4.69, 9.17) is 9.47 Å². The van der Waals surface area contributed by atoms with E-state index in [1.54, 1.807) is 18.6 Å². The number of anilines is 1. The third-order valence-corrected chi connectivity index (χ3v) is 5.00. The molecule has 126 valence electrons. The van der Waals surface area contributed by atoms with E-state index in [2.05, 4.69) is 19.9 Å². The number of piperidine rings is 1. The molecule has 1 atom stereocenters. The van der Waals surface area contributed by atoms with E-state index < -0.39 is 0 Å². The minimum atomic E-state index is 0.159. The Kier molecular flexibility index (Phi) is 4.30. The van der Waals surface area contributed by atoms with Gasteiger partial charge in [-0.25, -0.2) is 15.0 Å². The molecule has 2 aromatic rings. The SMILES string of the molecule is c1ccc(OC[C@@H]2CC3(CCN(c4ncccn4)CC3)CO2)nc1. The zero-order chi connectivity index (χ0) is 16.2. The fourth-order valence-corrected chi connectivity index (χ4v) is 3.60. The molecule has 2 aliphatic heterocycles. The standard InChI is InChI=1S/C18H22N4O2/c1-2-7-19-16(4-1)23-13-15-12-18(14-24-15)5-10-22(11-6-18)17-20-8-3-9-21-17/h1-4,7-9,15H,5-6,10-14H2/t15-/m0/s1. The zero-order valence-corrected chi connectivity index (χ0v) is 13.7. The number of rotatable bonds is 4. The number of hydrogen-bond donors (Lipinski definition) is 0. The molecule has 1 spiro atoms. The Balaban J connectivity index is 1.29. The van der Waals surface area contributed by atoms with Gasteiger partial charge in [0.05, 0.1) is 12.7 Å². The Morgan fingerprint density at radius 3 is 2.62 bits per heavy atom. The predicted molar refractivity (Wildman–Crippen MR) is 90.0 cm³/mol. The van der Waals surface area contributed by atoms with Crippen molar-refractivity contribution in [1.29, 1.82) is 0 Å². The summed E-state index contributed by atoms with van der Waals surface area (Å²) in [6.07, 6.45) is 8.80. The molecule has 0 radical (unpaired) electrons. The third-order valence-electron chi connectivity index (χ3n) is 5.00. The van der Waals surface area contributed by atoms with E-state index in [-0.39, 0.29) is 11.5 Å². The average Bonchev–Trinajstić information content (AvgIpc) is 3.05. The van der Waals surface area contributed by atoms with Crippen molar-refractivity contribution in [2.24, 2.45) is 5.41 Å². The molecule has 0 unspecified atom stereocenters. The maximum absolute atomic E-state index is 6.01. The van der Waals surface area contributed by atoms with Crippen LogP contribution in [-0.4, -0.2) is 47.4 Å². The molecule has 6 heteroatoms. The first kappa shape index (κ1) is 15.3. The molecule has 0 N–H and O–H groups in total. The van der Waals surface area contributed by atoms with Crippen LogP contribution in [0.2, 0.25) is 0 Å². The molecule has 4 heterocycles. The fourth-order valence-electron chi connectivity index (χ4n) is 3.60. The highest BCUT2D eigenvalue weighted by Gasteiger charge is 2.42. The van der Waals surface area contributed by atoms with Gasteiger partial charge < -0.3 is 14.4 Å². The lowest BCUT2D eigenvalue weighted by Gasteiger charge is -2.38. The van der Waals surface area contributed by atoms with E-state index >= 15 is 0 Å². The number of nitrogens with zero attached hydrogens (tertiary/aromatic N) is 4. The van der Waals surface area contributed by atoms with Gasteiger partial charge in [0.2, 0.25) is 11.8 Å². The summed E-state index contributed by atoms with van der Waals surface area (Å²) >= 11 is 0. The van der Waals surface area contributed by atoms with E-state index in [1.807, 2.05) is 24.3 Å². The Morgan fingerprint density at radius 1 is 1.08 bits per heavy atom. The van der Waals surface area contributed by atoms with Crippen molar-refractivity contribution in [3.05, 3.63) is 42.9 Å². The summed E-state index contributed by atoms with van der Waals surface area (Å²) in [6, 6.07) is 7.55. The van der Waals surface area contributed by atoms with Crippen LogP contribution in [0.25, 0.3) is 0 Å². The van der Waals surface area contributed by atoms with Crippen molar-refractivity contribution in [2.75, 3.05) is 31.2 Å². The zero-order valence-electron chi connectivity index (χ0n) is 13.7. The van der Waals surface area contributed by atoms with Crippen molar-refractivity contribution in [2.45, 2.75) is 25.4 Å². The second-order valence-corrected chi connectivity index (χ2v) is 6.65. The van der Waals surface area contributed by atoms with Crippen LogP contribution in [0.3, 0.4) is 0 Å². The first-order valence-electron chi connectivity index (χ1n) is 8.50. The maximum Gasteiger partial charge on any atom is 0.225 e. The van der Waals surface area contributed by atoms with Crippen molar-refractivity contribution in [1.82, 2.24) is 15.0 Å². The molecule has 6 nitrogen and oxygen atoms in total. The molecule has 2 saturated heterocycles. The van der Waals surface area contributed by atoms with Crippen LogP contribution in [0.5, 0.6) is 5.88 Å². The summed E-state index contributed by atoms with van der Waals surface area (Å²) in [5.41, 5.74) is 0.281. The minimum Gasteiger partial charge on any atom is -0.475 e. The Morgan fingerprint density at radius 2 is 1.88 bits per heavy atom. The highest BCUT2D eigenvalue weighted by atomic mass is 16.5. The van der Waals surface area contributed by atoms with Crippen LogP contribution in [0.15, 0.2) is 42.9 Å². The highest BCUT2D eigenvalue weighted by molar-refractivity contribution is 5.29. The van der Waals surface area contributed by atoms with Gasteiger partial charge in [-0.05, 0) is 36.8 Å². The first-order valence-corrected chi connectivity index (χ1v) is 8.50. The van der Waals surface area contributed by atoms with Crippen LogP contribution in [0.4, 0.5) is 5.95 Å². The average molecular weight is 326 g/mol. The Bertz CT molecular complexity index is 645. The number of aromatic nitrogens is 3. The number of hydrogen-bond acceptors (Lipinski definition) is 6. The van der Waals surface area contributed by atoms with Gasteiger partial charge in [-0.2, -0.15) is 0 Å². The Hall–Kier alpha value is -2.21. The minimum absolute atomic E-state index is 0.159. The molecule has 4 rings (SSSR count). The normalized spacial score (nSPS) is 22.7. The molecule has 0 aliphatic carbocycles. The molecular formula is C18H22N4O2. The van der Waals surface area contributed by atoms with Gasteiger partial charge in [-0.15, -0.1) is 0 Å². The largest absolute Gasteiger partial charge is 0.475 e. The molecule has 0 amide bonds. The smallest absolute Gasteiger partial charge is 0.225 e. The lowest BCUT2D eigenvalue weighted by Crippen LogP contribution is -2.41. The van der Waals surface area contributed by atoms with E-state index in [0.29, 0.717) is 12.5 Å². The van der Waals surface area contributed by atoms with E-state index in [0.717, 1.165) is 44.9 Å². The summed E-state index contributed by atoms with van der Waals surface area (Å²) in [7, 11) is 0. The molecule has 0 bridgehead atoms. The van der Waals surface area contributed by atoms with Gasteiger partial charge >= 0.3 is 0 Å². The van der Waals surface area contributed by atoms with Crippen LogP contribution in [0.1, 0.15) is 19.3 Å². The van der Waals surface area contributed by atoms with Gasteiger partial charge in [-0.1, -0.05) is 6.07 Å². The van der Waals surface area contributed by atoms with Crippen molar-refractivity contribution < 1.29 is 9.47 Å². The summed E-state index contributed by atoms with van der Waals surface area (Å²) in [5, 5.41) is 0. The molecule has 2 aromatic heterocycles. The van der Waals surface area contributed by atoms with Crippen molar-refractivity contribution in [3.8, 4) is 5.88 Å². The number of pyridine rings is 1. The monoisotopic (exact) mass is 326 g/mol. The number of ether oxygens (including phenoxy) is 2. The van der Waals surface area contributed by atoms with Crippen LogP contribution in [0, 0.1) is 5.41 Å². The third kappa shape index (κ3) is 3.33. The van der Waals surface area contributed by atoms with E-state index in [9.17, 15) is 0 Å². The topological polar surface area (TPSA) is 60.4 Å². The summed E-state index contributed by atoms with van der Waals surface area (Å²) in [4.78, 5) is 15.2. The lowest BCUT2D eigenvalue weighted by atomic mass is 9.77. The lowest BCUT2D eigenvalue weighted by molar-refractivity contribution is 0.0565. The van der Waals surface area contributed by atoms with Crippen molar-refractivity contribution >= 4 is 5.95 Å². The highest BCUT2D eigenvalue weighted by Crippen LogP contribution is 2.42. The fraction of sp³-hybridized carbons (Fsp3) is 0.500. The molecule has 2 fully saturated rings. The van der Waals surface area contributed by atoms with Gasteiger partial charge in [0.1, 0.15) is 6.61 Å². The van der Waals surface area contributed by atoms with Gasteiger partial charge in [-0.3, -0.25) is 0 Å². The van der Waals surface area contributed by atoms with Crippen molar-refractivity contribution in [3.63, 3.8) is 0 Å².